The minimum atomic E-state index is -1.34. The molecule has 1 atom stereocenters. The molecule has 31 heavy (non-hydrogen) atoms. The SMILES string of the molecule is COCC1(CCOc2ccnc(C[S+]([O-])c3nc4ccccc4[nH]3)c2C)OCCO1.[Na]. The first-order valence-corrected chi connectivity index (χ1v) is 11.1. The number of imidazole rings is 1. The van der Waals surface area contributed by atoms with Crippen LogP contribution < -0.4 is 4.74 Å². The van der Waals surface area contributed by atoms with Crippen molar-refractivity contribution in [2.45, 2.75) is 30.0 Å². The molecule has 3 heterocycles. The third-order valence-electron chi connectivity index (χ3n) is 5.03. The van der Waals surface area contributed by atoms with Crippen LogP contribution >= 0.6 is 0 Å². The summed E-state index contributed by atoms with van der Waals surface area (Å²) in [4.78, 5) is 11.9. The maximum Gasteiger partial charge on any atom is 0.322 e. The molecule has 3 aromatic rings. The predicted molar refractivity (Wildman–Crippen MR) is 118 cm³/mol. The Bertz CT molecular complexity index is 963. The van der Waals surface area contributed by atoms with Crippen molar-refractivity contribution in [3.05, 3.63) is 47.8 Å². The zero-order valence-electron chi connectivity index (χ0n) is 18.1. The summed E-state index contributed by atoms with van der Waals surface area (Å²) in [7, 11) is 1.62. The fourth-order valence-electron chi connectivity index (χ4n) is 3.42. The van der Waals surface area contributed by atoms with Gasteiger partial charge < -0.3 is 23.5 Å². The summed E-state index contributed by atoms with van der Waals surface area (Å²) in [6, 6.07) is 9.43. The second-order valence-electron chi connectivity index (χ2n) is 7.07. The maximum atomic E-state index is 12.8. The van der Waals surface area contributed by atoms with Crippen LogP contribution in [0.15, 0.2) is 41.7 Å². The minimum absolute atomic E-state index is 0. The van der Waals surface area contributed by atoms with Crippen molar-refractivity contribution in [1.82, 2.24) is 15.0 Å². The molecule has 0 amide bonds. The molecular formula is C21H25N3NaO5S. The van der Waals surface area contributed by atoms with Crippen LogP contribution in [0.25, 0.3) is 11.0 Å². The van der Waals surface area contributed by atoms with Crippen LogP contribution in [0.4, 0.5) is 0 Å². The second-order valence-corrected chi connectivity index (χ2v) is 8.44. The van der Waals surface area contributed by atoms with Crippen LogP contribution in [0.1, 0.15) is 17.7 Å². The van der Waals surface area contributed by atoms with E-state index < -0.39 is 17.0 Å². The molecule has 10 heteroatoms. The molecule has 1 aliphatic rings. The molecule has 1 radical (unpaired) electrons. The number of H-pyrrole nitrogens is 1. The molecule has 8 nitrogen and oxygen atoms in total. The third kappa shape index (κ3) is 5.80. The molecular weight excluding hydrogens is 429 g/mol. The first-order valence-electron chi connectivity index (χ1n) is 9.77. The summed E-state index contributed by atoms with van der Waals surface area (Å²) < 4.78 is 35.4. The first-order chi connectivity index (χ1) is 14.6. The van der Waals surface area contributed by atoms with Crippen LogP contribution in [0.2, 0.25) is 0 Å². The van der Waals surface area contributed by atoms with E-state index in [0.29, 0.717) is 49.4 Å². The van der Waals surface area contributed by atoms with Gasteiger partial charge in [-0.25, -0.2) is 0 Å². The van der Waals surface area contributed by atoms with Gasteiger partial charge >= 0.3 is 5.16 Å². The molecule has 2 aromatic heterocycles. The monoisotopic (exact) mass is 454 g/mol. The van der Waals surface area contributed by atoms with E-state index in [0.717, 1.165) is 16.6 Å². The maximum absolute atomic E-state index is 12.8. The van der Waals surface area contributed by atoms with Gasteiger partial charge in [-0.05, 0) is 25.1 Å². The van der Waals surface area contributed by atoms with Crippen molar-refractivity contribution in [2.75, 3.05) is 33.5 Å². The number of ether oxygens (including phenoxy) is 4. The topological polar surface area (TPSA) is 102 Å². The zero-order chi connectivity index (χ0) is 21.0. The number of methoxy groups -OCH3 is 1. The van der Waals surface area contributed by atoms with Crippen LogP contribution in [-0.2, 0) is 31.1 Å². The average molecular weight is 455 g/mol. The van der Waals surface area contributed by atoms with Gasteiger partial charge in [0.25, 0.3) is 0 Å². The molecule has 1 unspecified atom stereocenters. The zero-order valence-corrected chi connectivity index (χ0v) is 20.9. The summed E-state index contributed by atoms with van der Waals surface area (Å²) in [5.74, 6) is 0.205. The van der Waals surface area contributed by atoms with Gasteiger partial charge in [-0.1, -0.05) is 12.1 Å². The normalized spacial score (nSPS) is 16.2. The Morgan fingerprint density at radius 2 is 2.00 bits per heavy atom. The molecule has 0 spiro atoms. The molecule has 0 bridgehead atoms. The Morgan fingerprint density at radius 3 is 2.74 bits per heavy atom. The Morgan fingerprint density at radius 1 is 1.23 bits per heavy atom. The van der Waals surface area contributed by atoms with Crippen LogP contribution in [0.5, 0.6) is 5.75 Å². The number of hydrogen-bond donors (Lipinski definition) is 1. The molecule has 1 saturated heterocycles. The fraction of sp³-hybridized carbons (Fsp3) is 0.429. The summed E-state index contributed by atoms with van der Waals surface area (Å²) >= 11 is -1.34. The number of pyridine rings is 1. The molecule has 161 valence electrons. The summed E-state index contributed by atoms with van der Waals surface area (Å²) in [6.07, 6.45) is 2.21. The number of aromatic amines is 1. The summed E-state index contributed by atoms with van der Waals surface area (Å²) in [5, 5.41) is 0.445. The van der Waals surface area contributed by atoms with Crippen molar-refractivity contribution in [2.24, 2.45) is 0 Å². The van der Waals surface area contributed by atoms with E-state index in [1.807, 2.05) is 37.3 Å². The Labute approximate surface area is 206 Å². The van der Waals surface area contributed by atoms with Crippen molar-refractivity contribution in [1.29, 1.82) is 0 Å². The van der Waals surface area contributed by atoms with Gasteiger partial charge in [-0.2, -0.15) is 4.98 Å². The molecule has 1 fully saturated rings. The number of fused-ring (bicyclic) bond motifs is 1. The summed E-state index contributed by atoms with van der Waals surface area (Å²) in [5.41, 5.74) is 3.23. The number of aromatic nitrogens is 3. The van der Waals surface area contributed by atoms with E-state index in [4.69, 9.17) is 18.9 Å². The summed E-state index contributed by atoms with van der Waals surface area (Å²) in [6.45, 7) is 3.78. The van der Waals surface area contributed by atoms with Gasteiger partial charge in [-0.3, -0.25) is 9.97 Å². The Balaban J connectivity index is 0.00000272. The number of hydrogen-bond acceptors (Lipinski definition) is 7. The van der Waals surface area contributed by atoms with Gasteiger partial charge in [0.1, 0.15) is 12.4 Å². The van der Waals surface area contributed by atoms with E-state index in [-0.39, 0.29) is 35.3 Å². The average Bonchev–Trinajstić information content (AvgIpc) is 3.38. The van der Waals surface area contributed by atoms with E-state index >= 15 is 0 Å². The molecule has 0 saturated carbocycles. The van der Waals surface area contributed by atoms with E-state index in [9.17, 15) is 4.55 Å². The molecule has 4 rings (SSSR count). The van der Waals surface area contributed by atoms with E-state index in [1.165, 1.54) is 0 Å². The van der Waals surface area contributed by atoms with Gasteiger partial charge in [-0.15, -0.1) is 0 Å². The smallest absolute Gasteiger partial charge is 0.322 e. The van der Waals surface area contributed by atoms with E-state index in [2.05, 4.69) is 15.0 Å². The Hall–Kier alpha value is -1.17. The Kier molecular flexibility index (Phi) is 8.77. The second kappa shape index (κ2) is 11.1. The van der Waals surface area contributed by atoms with Crippen molar-refractivity contribution < 1.29 is 23.5 Å². The van der Waals surface area contributed by atoms with Gasteiger partial charge in [0.2, 0.25) is 0 Å². The molecule has 1 N–H and O–H groups in total. The number of para-hydroxylation sites is 2. The fourth-order valence-corrected chi connectivity index (χ4v) is 4.52. The van der Waals surface area contributed by atoms with Crippen LogP contribution in [-0.4, -0.2) is 88.4 Å². The largest absolute Gasteiger partial charge is 0.609 e. The van der Waals surface area contributed by atoms with Crippen LogP contribution in [0, 0.1) is 6.92 Å². The number of rotatable bonds is 9. The quantitative estimate of drug-likeness (QED) is 0.391. The van der Waals surface area contributed by atoms with Gasteiger partial charge in [0, 0.05) is 66.0 Å². The van der Waals surface area contributed by atoms with Gasteiger partial charge in [0.05, 0.1) is 36.5 Å². The van der Waals surface area contributed by atoms with Crippen molar-refractivity contribution in [3.8, 4) is 5.75 Å². The van der Waals surface area contributed by atoms with Crippen molar-refractivity contribution in [3.63, 3.8) is 0 Å². The standard InChI is InChI=1S/C21H25N3O5S.Na/c1-15-18(13-30(25)20-23-16-5-3-4-6-17(16)24-20)22-9-7-19(15)27-10-8-21(14-26-2)28-11-12-29-21;/h3-7,9H,8,10-14H2,1-2H3,(H,23,24);. The molecule has 1 aromatic carbocycles. The van der Waals surface area contributed by atoms with Crippen LogP contribution in [0.3, 0.4) is 0 Å². The van der Waals surface area contributed by atoms with Gasteiger partial charge in [0.15, 0.2) is 11.5 Å². The number of benzene rings is 1. The van der Waals surface area contributed by atoms with Crippen molar-refractivity contribution >= 4 is 51.8 Å². The molecule has 1 aliphatic heterocycles. The third-order valence-corrected chi connectivity index (χ3v) is 6.19. The predicted octanol–water partition coefficient (Wildman–Crippen LogP) is 2.35. The molecule has 0 aliphatic carbocycles. The minimum Gasteiger partial charge on any atom is -0.609 e. The number of nitrogens with zero attached hydrogens (tertiary/aromatic N) is 2. The van der Waals surface area contributed by atoms with E-state index in [1.54, 1.807) is 13.3 Å². The first kappa shape index (κ1) is 24.5. The number of nitrogens with one attached hydrogen (secondary N) is 1.